The first-order chi connectivity index (χ1) is 8.96. The van der Waals surface area contributed by atoms with Crippen molar-refractivity contribution in [2.75, 3.05) is 0 Å². The highest BCUT2D eigenvalue weighted by Gasteiger charge is 2.43. The number of fused-ring (bicyclic) bond motifs is 1. The Bertz CT molecular complexity index is 568. The minimum absolute atomic E-state index is 0.0617. The number of aryl methyl sites for hydroxylation is 1. The molecule has 0 saturated carbocycles. The summed E-state index contributed by atoms with van der Waals surface area (Å²) in [5.41, 5.74) is 1.15. The number of hydrogen-bond acceptors (Lipinski definition) is 2. The Morgan fingerprint density at radius 3 is 2.37 bits per heavy atom. The number of nitrogens with zero attached hydrogens (tertiary/aromatic N) is 1. The Morgan fingerprint density at radius 2 is 1.84 bits per heavy atom. The molecule has 19 heavy (non-hydrogen) atoms. The first-order valence-corrected chi connectivity index (χ1v) is 7.72. The molecule has 0 aliphatic carbocycles. The molecule has 1 aromatic rings. The zero-order valence-electron chi connectivity index (χ0n) is 11.8. The maximum Gasteiger partial charge on any atom is 0.265 e. The second-order valence-corrected chi connectivity index (χ2v) is 6.34. The van der Waals surface area contributed by atoms with Crippen LogP contribution in [0.25, 0.3) is 0 Å². The number of pyridine rings is 1. The summed E-state index contributed by atoms with van der Waals surface area (Å²) in [6.07, 6.45) is 4.20. The fraction of sp³-hybridized carbons (Fsp3) is 0.600. The fourth-order valence-corrected chi connectivity index (χ4v) is 3.94. The molecule has 0 atom stereocenters. The second kappa shape index (κ2) is 5.23. The average Bonchev–Trinajstić information content (AvgIpc) is 2.61. The summed E-state index contributed by atoms with van der Waals surface area (Å²) >= 11 is 3.33. The quantitative estimate of drug-likeness (QED) is 0.844. The van der Waals surface area contributed by atoms with Gasteiger partial charge in [0.05, 0.1) is 15.7 Å². The van der Waals surface area contributed by atoms with Gasteiger partial charge in [0.25, 0.3) is 5.56 Å². The third-order valence-corrected chi connectivity index (χ3v) is 4.57. The van der Waals surface area contributed by atoms with E-state index in [1.807, 2.05) is 6.92 Å². The van der Waals surface area contributed by atoms with Gasteiger partial charge >= 0.3 is 0 Å². The molecule has 0 spiro atoms. The van der Waals surface area contributed by atoms with Gasteiger partial charge in [0.1, 0.15) is 0 Å². The Hall–Kier alpha value is -0.900. The van der Waals surface area contributed by atoms with Crippen molar-refractivity contribution in [1.82, 2.24) is 4.57 Å². The number of carbonyl (C=O) groups excluding carboxylic acids is 1. The minimum atomic E-state index is -0.304. The third-order valence-electron chi connectivity index (χ3n) is 4.01. The van der Waals surface area contributed by atoms with Crippen molar-refractivity contribution in [3.05, 3.63) is 32.2 Å². The summed E-state index contributed by atoms with van der Waals surface area (Å²) in [5.74, 6) is 0.115. The van der Waals surface area contributed by atoms with Crippen LogP contribution in [0.15, 0.2) is 15.3 Å². The molecule has 0 fully saturated rings. The lowest BCUT2D eigenvalue weighted by Gasteiger charge is -2.31. The lowest BCUT2D eigenvalue weighted by atomic mass is 9.86. The van der Waals surface area contributed by atoms with Crippen molar-refractivity contribution in [2.45, 2.75) is 58.4 Å². The van der Waals surface area contributed by atoms with E-state index in [0.717, 1.165) is 31.2 Å². The van der Waals surface area contributed by atoms with E-state index in [1.54, 1.807) is 10.6 Å². The normalized spacial score (nSPS) is 16.7. The standard InChI is InChI=1S/C15H20BrNO2/c1-4-6-15(7-5-2)9-12(18)13-10(3)8-11(16)14(19)17(13)15/h8H,4-7,9H2,1-3H3. The number of carbonyl (C=O) groups is 1. The summed E-state index contributed by atoms with van der Waals surface area (Å²) in [7, 11) is 0. The van der Waals surface area contributed by atoms with Gasteiger partial charge in [0, 0.05) is 6.42 Å². The largest absolute Gasteiger partial charge is 0.298 e. The number of rotatable bonds is 4. The molecule has 104 valence electrons. The van der Waals surface area contributed by atoms with E-state index in [0.29, 0.717) is 16.6 Å². The Morgan fingerprint density at radius 1 is 1.26 bits per heavy atom. The lowest BCUT2D eigenvalue weighted by Crippen LogP contribution is -2.39. The number of hydrogen-bond donors (Lipinski definition) is 0. The van der Waals surface area contributed by atoms with Gasteiger partial charge in [-0.15, -0.1) is 0 Å². The van der Waals surface area contributed by atoms with Crippen molar-refractivity contribution in [1.29, 1.82) is 0 Å². The van der Waals surface area contributed by atoms with Crippen LogP contribution in [0.1, 0.15) is 62.0 Å². The zero-order chi connectivity index (χ0) is 14.2. The molecule has 2 heterocycles. The predicted molar refractivity (Wildman–Crippen MR) is 79.9 cm³/mol. The van der Waals surface area contributed by atoms with Crippen molar-refractivity contribution < 1.29 is 4.79 Å². The van der Waals surface area contributed by atoms with Crippen molar-refractivity contribution in [3.63, 3.8) is 0 Å². The van der Waals surface area contributed by atoms with Crippen LogP contribution in [0.4, 0.5) is 0 Å². The molecule has 3 nitrogen and oxygen atoms in total. The average molecular weight is 326 g/mol. The SMILES string of the molecule is CCCC1(CCC)CC(=O)c2c(C)cc(Br)c(=O)n21. The molecule has 0 N–H and O–H groups in total. The molecule has 0 aromatic carbocycles. The van der Waals surface area contributed by atoms with Gasteiger partial charge < -0.3 is 0 Å². The molecule has 2 rings (SSSR count). The molecule has 0 amide bonds. The summed E-state index contributed by atoms with van der Waals surface area (Å²) < 4.78 is 2.34. The van der Waals surface area contributed by atoms with Crippen LogP contribution in [0.3, 0.4) is 0 Å². The topological polar surface area (TPSA) is 39.1 Å². The van der Waals surface area contributed by atoms with Crippen LogP contribution in [0.2, 0.25) is 0 Å². The second-order valence-electron chi connectivity index (χ2n) is 5.49. The van der Waals surface area contributed by atoms with Gasteiger partial charge in [0.15, 0.2) is 5.78 Å². The van der Waals surface area contributed by atoms with Crippen LogP contribution < -0.4 is 5.56 Å². The molecule has 0 unspecified atom stereocenters. The lowest BCUT2D eigenvalue weighted by molar-refractivity contribution is 0.0961. The first-order valence-electron chi connectivity index (χ1n) is 6.92. The van der Waals surface area contributed by atoms with Crippen LogP contribution in [-0.2, 0) is 5.54 Å². The van der Waals surface area contributed by atoms with E-state index >= 15 is 0 Å². The van der Waals surface area contributed by atoms with Crippen molar-refractivity contribution >= 4 is 21.7 Å². The smallest absolute Gasteiger partial charge is 0.265 e. The zero-order valence-corrected chi connectivity index (χ0v) is 13.3. The minimum Gasteiger partial charge on any atom is -0.298 e. The number of ketones is 1. The summed E-state index contributed by atoms with van der Waals surface area (Å²) in [4.78, 5) is 24.8. The van der Waals surface area contributed by atoms with Crippen LogP contribution in [0, 0.1) is 6.92 Å². The molecule has 1 aromatic heterocycles. The van der Waals surface area contributed by atoms with E-state index in [4.69, 9.17) is 0 Å². The van der Waals surface area contributed by atoms with Crippen LogP contribution >= 0.6 is 15.9 Å². The van der Waals surface area contributed by atoms with Gasteiger partial charge in [-0.05, 0) is 47.3 Å². The first kappa shape index (κ1) is 14.5. The molecule has 4 heteroatoms. The molecular formula is C15H20BrNO2. The van der Waals surface area contributed by atoms with Crippen LogP contribution in [0.5, 0.6) is 0 Å². The van der Waals surface area contributed by atoms with Gasteiger partial charge in [-0.2, -0.15) is 0 Å². The predicted octanol–water partition coefficient (Wildman–Crippen LogP) is 3.80. The number of halogens is 1. The summed E-state index contributed by atoms with van der Waals surface area (Å²) in [6, 6.07) is 1.76. The molecule has 0 radical (unpaired) electrons. The highest BCUT2D eigenvalue weighted by molar-refractivity contribution is 9.10. The summed E-state index contributed by atoms with van der Waals surface area (Å²) in [6.45, 7) is 6.12. The Kier molecular flexibility index (Phi) is 4.00. The van der Waals surface area contributed by atoms with Gasteiger partial charge in [-0.25, -0.2) is 0 Å². The number of Topliss-reactive ketones (excluding diaryl/α,β-unsaturated/α-hetero) is 1. The van der Waals surface area contributed by atoms with E-state index in [-0.39, 0.29) is 16.9 Å². The fourth-order valence-electron chi connectivity index (χ4n) is 3.42. The molecular weight excluding hydrogens is 306 g/mol. The highest BCUT2D eigenvalue weighted by Crippen LogP contribution is 2.40. The Labute approximate surface area is 122 Å². The number of aromatic nitrogens is 1. The molecule has 0 saturated heterocycles. The van der Waals surface area contributed by atoms with Crippen molar-refractivity contribution in [3.8, 4) is 0 Å². The molecule has 1 aliphatic heterocycles. The molecule has 1 aliphatic rings. The summed E-state index contributed by atoms with van der Waals surface area (Å²) in [5, 5.41) is 0. The van der Waals surface area contributed by atoms with Crippen LogP contribution in [-0.4, -0.2) is 10.4 Å². The Balaban J connectivity index is 2.74. The van der Waals surface area contributed by atoms with E-state index in [2.05, 4.69) is 29.8 Å². The third kappa shape index (κ3) is 2.20. The van der Waals surface area contributed by atoms with E-state index in [9.17, 15) is 9.59 Å². The monoisotopic (exact) mass is 325 g/mol. The van der Waals surface area contributed by atoms with Gasteiger partial charge in [-0.1, -0.05) is 26.7 Å². The highest BCUT2D eigenvalue weighted by atomic mass is 79.9. The van der Waals surface area contributed by atoms with E-state index in [1.165, 1.54) is 0 Å². The maximum absolute atomic E-state index is 12.5. The molecule has 0 bridgehead atoms. The van der Waals surface area contributed by atoms with E-state index < -0.39 is 0 Å². The van der Waals surface area contributed by atoms with Gasteiger partial charge in [0.2, 0.25) is 0 Å². The maximum atomic E-state index is 12.5. The van der Waals surface area contributed by atoms with Gasteiger partial charge in [-0.3, -0.25) is 14.2 Å². The van der Waals surface area contributed by atoms with Crippen molar-refractivity contribution in [2.24, 2.45) is 0 Å².